The average molecular weight is 272 g/mol. The zero-order chi connectivity index (χ0) is 13.9. The molecule has 0 fully saturated rings. The summed E-state index contributed by atoms with van der Waals surface area (Å²) in [6.07, 6.45) is 0. The number of carboxylic acids is 1. The molecule has 0 radical (unpaired) electrons. The predicted octanol–water partition coefficient (Wildman–Crippen LogP) is 1.47. The molecule has 0 aromatic carbocycles. The van der Waals surface area contributed by atoms with Gasteiger partial charge in [0.15, 0.2) is 0 Å². The molecule has 0 aliphatic rings. The first kappa shape index (κ1) is 14.4. The van der Waals surface area contributed by atoms with Gasteiger partial charge in [0.05, 0.1) is 0 Å². The number of urea groups is 1. The van der Waals surface area contributed by atoms with E-state index in [9.17, 15) is 9.59 Å². The van der Waals surface area contributed by atoms with Crippen molar-refractivity contribution in [1.29, 1.82) is 0 Å². The van der Waals surface area contributed by atoms with Crippen molar-refractivity contribution in [3.63, 3.8) is 0 Å². The standard InChI is InChI=1S/C10H16N4O3S/c1-5-11-9(18-14-5)13-8(17)12-6(7(15)16)10(2,3)4/h6H,1-4H3,(H,15,16)(H2,11,12,13,14,17)/t6-/m0/s1. The van der Waals surface area contributed by atoms with E-state index < -0.39 is 23.5 Å². The Labute approximate surface area is 109 Å². The molecule has 1 heterocycles. The molecule has 0 saturated carbocycles. The van der Waals surface area contributed by atoms with Crippen LogP contribution in [0.25, 0.3) is 0 Å². The van der Waals surface area contributed by atoms with Crippen molar-refractivity contribution in [3.05, 3.63) is 5.82 Å². The van der Waals surface area contributed by atoms with Gasteiger partial charge in [-0.05, 0) is 12.3 Å². The average Bonchev–Trinajstić information content (AvgIpc) is 2.58. The Hall–Kier alpha value is -1.70. The minimum atomic E-state index is -1.08. The Morgan fingerprint density at radius 3 is 2.39 bits per heavy atom. The van der Waals surface area contributed by atoms with Crippen molar-refractivity contribution in [1.82, 2.24) is 14.7 Å². The third kappa shape index (κ3) is 3.95. The number of nitrogens with one attached hydrogen (secondary N) is 2. The maximum atomic E-state index is 11.6. The van der Waals surface area contributed by atoms with Crippen LogP contribution in [0.5, 0.6) is 0 Å². The molecule has 0 spiro atoms. The highest BCUT2D eigenvalue weighted by atomic mass is 32.1. The molecule has 7 nitrogen and oxygen atoms in total. The van der Waals surface area contributed by atoms with Crippen molar-refractivity contribution >= 4 is 28.7 Å². The summed E-state index contributed by atoms with van der Waals surface area (Å²) < 4.78 is 3.90. The minimum absolute atomic E-state index is 0.336. The molecule has 0 aliphatic heterocycles. The van der Waals surface area contributed by atoms with Crippen LogP contribution in [-0.2, 0) is 4.79 Å². The number of carboxylic acid groups (broad SMARTS) is 1. The highest BCUT2D eigenvalue weighted by Crippen LogP contribution is 2.19. The van der Waals surface area contributed by atoms with Gasteiger partial charge in [-0.3, -0.25) is 5.32 Å². The van der Waals surface area contributed by atoms with Gasteiger partial charge >= 0.3 is 12.0 Å². The molecular weight excluding hydrogens is 256 g/mol. The summed E-state index contributed by atoms with van der Waals surface area (Å²) in [5.41, 5.74) is -0.583. The van der Waals surface area contributed by atoms with Crippen LogP contribution < -0.4 is 10.6 Å². The lowest BCUT2D eigenvalue weighted by molar-refractivity contribution is -0.141. The van der Waals surface area contributed by atoms with Crippen LogP contribution in [0.4, 0.5) is 9.93 Å². The normalized spacial score (nSPS) is 12.9. The number of carbonyl (C=O) groups excluding carboxylic acids is 1. The van der Waals surface area contributed by atoms with E-state index in [0.29, 0.717) is 11.0 Å². The number of hydrogen-bond acceptors (Lipinski definition) is 5. The fourth-order valence-corrected chi connectivity index (χ4v) is 1.83. The summed E-state index contributed by atoms with van der Waals surface area (Å²) in [7, 11) is 0. The summed E-state index contributed by atoms with van der Waals surface area (Å²) in [6, 6.07) is -1.58. The van der Waals surface area contributed by atoms with E-state index >= 15 is 0 Å². The van der Waals surface area contributed by atoms with E-state index in [1.807, 2.05) is 0 Å². The Morgan fingerprint density at radius 2 is 2.00 bits per heavy atom. The van der Waals surface area contributed by atoms with E-state index in [-0.39, 0.29) is 0 Å². The summed E-state index contributed by atoms with van der Waals surface area (Å²) >= 11 is 1.04. The topological polar surface area (TPSA) is 104 Å². The molecule has 0 bridgehead atoms. The first-order valence-electron chi connectivity index (χ1n) is 5.31. The lowest BCUT2D eigenvalue weighted by Crippen LogP contribution is -2.50. The molecule has 100 valence electrons. The van der Waals surface area contributed by atoms with Gasteiger partial charge in [0.2, 0.25) is 5.13 Å². The van der Waals surface area contributed by atoms with Gasteiger partial charge in [-0.1, -0.05) is 20.8 Å². The molecule has 3 N–H and O–H groups in total. The molecule has 1 aromatic heterocycles. The molecule has 1 rings (SSSR count). The number of aromatic nitrogens is 2. The summed E-state index contributed by atoms with van der Waals surface area (Å²) in [4.78, 5) is 26.7. The van der Waals surface area contributed by atoms with Gasteiger partial charge in [0, 0.05) is 11.5 Å². The van der Waals surface area contributed by atoms with E-state index in [1.165, 1.54) is 0 Å². The second-order valence-corrected chi connectivity index (χ2v) is 5.63. The van der Waals surface area contributed by atoms with Crippen molar-refractivity contribution in [2.75, 3.05) is 5.32 Å². The second kappa shape index (κ2) is 5.30. The molecule has 1 aromatic rings. The third-order valence-corrected chi connectivity index (χ3v) is 2.86. The molecule has 18 heavy (non-hydrogen) atoms. The lowest BCUT2D eigenvalue weighted by atomic mass is 9.87. The van der Waals surface area contributed by atoms with Crippen LogP contribution in [-0.4, -0.2) is 32.5 Å². The Balaban J connectivity index is 2.65. The first-order chi connectivity index (χ1) is 8.20. The van der Waals surface area contributed by atoms with Gasteiger partial charge in [0.1, 0.15) is 11.9 Å². The SMILES string of the molecule is Cc1nsc(NC(=O)N[C@@H](C(=O)O)C(C)(C)C)n1. The van der Waals surface area contributed by atoms with Gasteiger partial charge in [0.25, 0.3) is 0 Å². The quantitative estimate of drug-likeness (QED) is 0.772. The third-order valence-electron chi connectivity index (χ3n) is 2.14. The van der Waals surface area contributed by atoms with Crippen LogP contribution >= 0.6 is 11.5 Å². The molecule has 2 amide bonds. The van der Waals surface area contributed by atoms with E-state index in [4.69, 9.17) is 5.11 Å². The van der Waals surface area contributed by atoms with Crippen molar-refractivity contribution in [2.24, 2.45) is 5.41 Å². The molecule has 0 unspecified atom stereocenters. The number of nitrogens with zero attached hydrogens (tertiary/aromatic N) is 2. The molecule has 1 atom stereocenters. The van der Waals surface area contributed by atoms with Crippen molar-refractivity contribution in [2.45, 2.75) is 33.7 Å². The van der Waals surface area contributed by atoms with Crippen LogP contribution in [0, 0.1) is 12.3 Å². The van der Waals surface area contributed by atoms with Crippen LogP contribution in [0.15, 0.2) is 0 Å². The van der Waals surface area contributed by atoms with Gasteiger partial charge in [-0.25, -0.2) is 14.6 Å². The van der Waals surface area contributed by atoms with E-state index in [0.717, 1.165) is 11.5 Å². The number of amides is 2. The summed E-state index contributed by atoms with van der Waals surface area (Å²) in [5.74, 6) is -0.521. The fraction of sp³-hybridized carbons (Fsp3) is 0.600. The van der Waals surface area contributed by atoms with Gasteiger partial charge in [-0.2, -0.15) is 4.37 Å². The zero-order valence-corrected chi connectivity index (χ0v) is 11.5. The predicted molar refractivity (Wildman–Crippen MR) is 67.7 cm³/mol. The highest BCUT2D eigenvalue weighted by molar-refractivity contribution is 7.09. The van der Waals surface area contributed by atoms with Crippen LogP contribution in [0.2, 0.25) is 0 Å². The number of carbonyl (C=O) groups is 2. The van der Waals surface area contributed by atoms with Crippen LogP contribution in [0.3, 0.4) is 0 Å². The molecule has 8 heteroatoms. The number of aliphatic carboxylic acids is 1. The smallest absolute Gasteiger partial charge is 0.326 e. The van der Waals surface area contributed by atoms with Crippen LogP contribution in [0.1, 0.15) is 26.6 Å². The molecular formula is C10H16N4O3S. The lowest BCUT2D eigenvalue weighted by Gasteiger charge is -2.27. The fourth-order valence-electron chi connectivity index (χ4n) is 1.26. The zero-order valence-electron chi connectivity index (χ0n) is 10.6. The molecule has 0 aliphatic carbocycles. The Bertz CT molecular complexity index is 452. The minimum Gasteiger partial charge on any atom is -0.480 e. The van der Waals surface area contributed by atoms with E-state index in [2.05, 4.69) is 20.0 Å². The molecule has 0 saturated heterocycles. The van der Waals surface area contributed by atoms with Gasteiger partial charge in [-0.15, -0.1) is 0 Å². The Morgan fingerprint density at radius 1 is 1.39 bits per heavy atom. The van der Waals surface area contributed by atoms with E-state index in [1.54, 1.807) is 27.7 Å². The number of aryl methyl sites for hydroxylation is 1. The summed E-state index contributed by atoms with van der Waals surface area (Å²) in [6.45, 7) is 6.91. The van der Waals surface area contributed by atoms with Gasteiger partial charge < -0.3 is 10.4 Å². The van der Waals surface area contributed by atoms with Crippen molar-refractivity contribution in [3.8, 4) is 0 Å². The number of hydrogen-bond donors (Lipinski definition) is 3. The monoisotopic (exact) mass is 272 g/mol. The Kier molecular flexibility index (Phi) is 4.23. The number of rotatable bonds is 3. The second-order valence-electron chi connectivity index (χ2n) is 4.88. The largest absolute Gasteiger partial charge is 0.480 e. The van der Waals surface area contributed by atoms with Crippen molar-refractivity contribution < 1.29 is 14.7 Å². The summed E-state index contributed by atoms with van der Waals surface area (Å²) in [5, 5.41) is 14.3. The number of anilines is 1. The maximum Gasteiger partial charge on any atom is 0.326 e. The maximum absolute atomic E-state index is 11.6. The highest BCUT2D eigenvalue weighted by Gasteiger charge is 2.32. The first-order valence-corrected chi connectivity index (χ1v) is 6.08.